The first kappa shape index (κ1) is 10.5. The van der Waals surface area contributed by atoms with Crippen molar-refractivity contribution in [2.75, 3.05) is 0 Å². The highest BCUT2D eigenvalue weighted by atomic mass is 35.5. The van der Waals surface area contributed by atoms with Crippen LogP contribution in [0.4, 0.5) is 0 Å². The summed E-state index contributed by atoms with van der Waals surface area (Å²) in [6, 6.07) is 5.65. The molecule has 0 bridgehead atoms. The Kier molecular flexibility index (Phi) is 2.98. The lowest BCUT2D eigenvalue weighted by Crippen LogP contribution is -2.01. The molecular weight excluding hydrogens is 231 g/mol. The summed E-state index contributed by atoms with van der Waals surface area (Å²) in [6.07, 6.45) is 3.69. The molecule has 0 fully saturated rings. The van der Waals surface area contributed by atoms with Crippen LogP contribution in [0.5, 0.6) is 0 Å². The number of aromatic nitrogens is 2. The molecular formula is C11H10Cl2N2. The van der Waals surface area contributed by atoms with E-state index in [2.05, 4.69) is 4.98 Å². The quantitative estimate of drug-likeness (QED) is 0.786. The zero-order valence-electron chi connectivity index (χ0n) is 8.24. The maximum Gasteiger partial charge on any atom is 0.105 e. The summed E-state index contributed by atoms with van der Waals surface area (Å²) in [5.74, 6) is 0.964. The molecule has 2 rings (SSSR count). The Bertz CT molecular complexity index is 477. The van der Waals surface area contributed by atoms with Gasteiger partial charge in [-0.25, -0.2) is 4.98 Å². The van der Waals surface area contributed by atoms with E-state index in [0.717, 1.165) is 11.4 Å². The Morgan fingerprint density at radius 1 is 1.33 bits per heavy atom. The Morgan fingerprint density at radius 2 is 2.13 bits per heavy atom. The second-order valence-corrected chi connectivity index (χ2v) is 4.10. The van der Waals surface area contributed by atoms with Crippen LogP contribution in [-0.2, 0) is 6.54 Å². The van der Waals surface area contributed by atoms with Crippen LogP contribution in [0, 0.1) is 6.92 Å². The van der Waals surface area contributed by atoms with Gasteiger partial charge >= 0.3 is 0 Å². The number of aryl methyl sites for hydroxylation is 1. The summed E-state index contributed by atoms with van der Waals surface area (Å²) in [7, 11) is 0. The first-order valence-electron chi connectivity index (χ1n) is 4.59. The van der Waals surface area contributed by atoms with Crippen LogP contribution in [0.1, 0.15) is 11.4 Å². The van der Waals surface area contributed by atoms with Crippen molar-refractivity contribution in [2.45, 2.75) is 13.5 Å². The maximum atomic E-state index is 6.10. The zero-order valence-corrected chi connectivity index (χ0v) is 9.76. The fourth-order valence-electron chi connectivity index (χ4n) is 1.42. The largest absolute Gasteiger partial charge is 0.331 e. The highest BCUT2D eigenvalue weighted by Gasteiger charge is 2.05. The minimum atomic E-state index is 0.590. The van der Waals surface area contributed by atoms with Crippen LogP contribution in [0.15, 0.2) is 30.6 Å². The molecule has 2 aromatic rings. The van der Waals surface area contributed by atoms with E-state index in [9.17, 15) is 0 Å². The number of imidazole rings is 1. The van der Waals surface area contributed by atoms with E-state index in [0.29, 0.717) is 16.6 Å². The molecule has 0 radical (unpaired) electrons. The van der Waals surface area contributed by atoms with Gasteiger partial charge in [0, 0.05) is 12.4 Å². The van der Waals surface area contributed by atoms with Gasteiger partial charge in [-0.05, 0) is 18.6 Å². The molecule has 1 aromatic heterocycles. The Hall–Kier alpha value is -0.990. The minimum Gasteiger partial charge on any atom is -0.331 e. The fourth-order valence-corrected chi connectivity index (χ4v) is 1.80. The van der Waals surface area contributed by atoms with E-state index >= 15 is 0 Å². The van der Waals surface area contributed by atoms with Gasteiger partial charge in [-0.15, -0.1) is 0 Å². The fraction of sp³-hybridized carbons (Fsp3) is 0.182. The minimum absolute atomic E-state index is 0.590. The van der Waals surface area contributed by atoms with Crippen molar-refractivity contribution >= 4 is 23.2 Å². The van der Waals surface area contributed by atoms with E-state index in [1.807, 2.05) is 29.8 Å². The molecule has 0 spiro atoms. The van der Waals surface area contributed by atoms with E-state index in [-0.39, 0.29) is 0 Å². The van der Waals surface area contributed by atoms with Gasteiger partial charge in [0.2, 0.25) is 0 Å². The number of rotatable bonds is 2. The average Bonchev–Trinajstić information content (AvgIpc) is 2.60. The molecule has 0 atom stereocenters. The Labute approximate surface area is 98.5 Å². The van der Waals surface area contributed by atoms with Crippen LogP contribution in [0.25, 0.3) is 0 Å². The van der Waals surface area contributed by atoms with Gasteiger partial charge in [-0.1, -0.05) is 35.3 Å². The van der Waals surface area contributed by atoms with Crippen LogP contribution in [0.2, 0.25) is 10.0 Å². The normalized spacial score (nSPS) is 10.6. The van der Waals surface area contributed by atoms with Crippen molar-refractivity contribution in [3.63, 3.8) is 0 Å². The molecule has 0 aliphatic carbocycles. The monoisotopic (exact) mass is 240 g/mol. The summed E-state index contributed by atoms with van der Waals surface area (Å²) < 4.78 is 2.03. The third-order valence-electron chi connectivity index (χ3n) is 2.30. The lowest BCUT2D eigenvalue weighted by Gasteiger charge is -2.07. The van der Waals surface area contributed by atoms with Crippen molar-refractivity contribution in [3.05, 3.63) is 52.0 Å². The molecule has 2 nitrogen and oxygen atoms in total. The summed E-state index contributed by atoms with van der Waals surface area (Å²) in [6.45, 7) is 2.66. The highest BCUT2D eigenvalue weighted by molar-refractivity contribution is 6.42. The van der Waals surface area contributed by atoms with E-state index in [4.69, 9.17) is 23.2 Å². The van der Waals surface area contributed by atoms with Crippen LogP contribution >= 0.6 is 23.2 Å². The number of hydrogen-bond donors (Lipinski definition) is 0. The Morgan fingerprint density at radius 3 is 2.80 bits per heavy atom. The van der Waals surface area contributed by atoms with Crippen LogP contribution in [0.3, 0.4) is 0 Å². The van der Waals surface area contributed by atoms with Crippen molar-refractivity contribution in [2.24, 2.45) is 0 Å². The number of nitrogens with zero attached hydrogens (tertiary/aromatic N) is 2. The summed E-state index contributed by atoms with van der Waals surface area (Å²) in [5.41, 5.74) is 1.00. The van der Waals surface area contributed by atoms with E-state index < -0.39 is 0 Å². The molecule has 4 heteroatoms. The molecule has 0 amide bonds. The van der Waals surface area contributed by atoms with Gasteiger partial charge < -0.3 is 4.57 Å². The third kappa shape index (κ3) is 2.16. The van der Waals surface area contributed by atoms with Crippen LogP contribution < -0.4 is 0 Å². The van der Waals surface area contributed by atoms with Crippen molar-refractivity contribution in [1.29, 1.82) is 0 Å². The summed E-state index contributed by atoms with van der Waals surface area (Å²) >= 11 is 12.0. The summed E-state index contributed by atoms with van der Waals surface area (Å²) in [4.78, 5) is 4.15. The van der Waals surface area contributed by atoms with Crippen LogP contribution in [-0.4, -0.2) is 9.55 Å². The van der Waals surface area contributed by atoms with E-state index in [1.54, 1.807) is 12.3 Å². The number of hydrogen-bond acceptors (Lipinski definition) is 1. The molecule has 15 heavy (non-hydrogen) atoms. The second-order valence-electron chi connectivity index (χ2n) is 3.32. The van der Waals surface area contributed by atoms with Crippen molar-refractivity contribution in [3.8, 4) is 0 Å². The van der Waals surface area contributed by atoms with Gasteiger partial charge in [-0.2, -0.15) is 0 Å². The highest BCUT2D eigenvalue weighted by Crippen LogP contribution is 2.26. The Balaban J connectivity index is 2.33. The first-order valence-corrected chi connectivity index (χ1v) is 5.34. The van der Waals surface area contributed by atoms with Gasteiger partial charge in [0.15, 0.2) is 0 Å². The predicted octanol–water partition coefficient (Wildman–Crippen LogP) is 3.55. The van der Waals surface area contributed by atoms with E-state index in [1.165, 1.54) is 0 Å². The lowest BCUT2D eigenvalue weighted by molar-refractivity contribution is 0.762. The predicted molar refractivity (Wildman–Crippen MR) is 62.5 cm³/mol. The molecule has 0 saturated carbocycles. The molecule has 78 valence electrons. The molecule has 0 aliphatic heterocycles. The molecule has 0 N–H and O–H groups in total. The number of benzene rings is 1. The molecule has 0 saturated heterocycles. The maximum absolute atomic E-state index is 6.10. The lowest BCUT2D eigenvalue weighted by atomic mass is 10.2. The third-order valence-corrected chi connectivity index (χ3v) is 3.15. The second kappa shape index (κ2) is 4.25. The SMILES string of the molecule is Cc1nccn1Cc1cccc(Cl)c1Cl. The molecule has 1 aromatic carbocycles. The van der Waals surface area contributed by atoms with Gasteiger partial charge in [0.05, 0.1) is 16.6 Å². The standard InChI is InChI=1S/C11H10Cl2N2/c1-8-14-5-6-15(8)7-9-3-2-4-10(12)11(9)13/h2-6H,7H2,1H3. The number of halogens is 2. The summed E-state index contributed by atoms with van der Waals surface area (Å²) in [5, 5.41) is 1.21. The van der Waals surface area contributed by atoms with Gasteiger partial charge in [-0.3, -0.25) is 0 Å². The molecule has 0 unspecified atom stereocenters. The van der Waals surface area contributed by atoms with Gasteiger partial charge in [0.25, 0.3) is 0 Å². The zero-order chi connectivity index (χ0) is 10.8. The molecule has 1 heterocycles. The molecule has 0 aliphatic rings. The topological polar surface area (TPSA) is 17.8 Å². The first-order chi connectivity index (χ1) is 7.18. The van der Waals surface area contributed by atoms with Crippen molar-refractivity contribution < 1.29 is 0 Å². The average molecular weight is 241 g/mol. The smallest absolute Gasteiger partial charge is 0.105 e. The van der Waals surface area contributed by atoms with Crippen molar-refractivity contribution in [1.82, 2.24) is 9.55 Å². The van der Waals surface area contributed by atoms with Gasteiger partial charge in [0.1, 0.15) is 5.82 Å².